The van der Waals surface area contributed by atoms with Crippen LogP contribution in [0, 0.1) is 15.9 Å². The molecule has 176 valence electrons. The number of cyclic esters (lactones) is 1. The third-order valence-electron chi connectivity index (χ3n) is 4.79. The molecule has 0 fully saturated rings. The van der Waals surface area contributed by atoms with Gasteiger partial charge in [-0.3, -0.25) is 10.1 Å². The van der Waals surface area contributed by atoms with E-state index in [-0.39, 0.29) is 46.5 Å². The number of aliphatic imine (C=N–C) groups is 1. The van der Waals surface area contributed by atoms with Gasteiger partial charge in [-0.1, -0.05) is 24.3 Å². The maximum absolute atomic E-state index is 14.0. The molecule has 9 nitrogen and oxygen atoms in total. The molecular weight excluding hydrogens is 459 g/mol. The van der Waals surface area contributed by atoms with Crippen LogP contribution in [0.3, 0.4) is 0 Å². The lowest BCUT2D eigenvalue weighted by atomic mass is 10.1. The average Bonchev–Trinajstić information content (AvgIpc) is 3.20. The molecular formula is C25H17FN2O7. The van der Waals surface area contributed by atoms with Gasteiger partial charge >= 0.3 is 11.9 Å². The van der Waals surface area contributed by atoms with Crippen LogP contribution in [0.15, 0.2) is 77.4 Å². The van der Waals surface area contributed by atoms with Gasteiger partial charge in [0, 0.05) is 12.1 Å². The van der Waals surface area contributed by atoms with Crippen molar-refractivity contribution in [3.63, 3.8) is 0 Å². The van der Waals surface area contributed by atoms with Crippen molar-refractivity contribution in [3.05, 3.63) is 105 Å². The molecule has 10 heteroatoms. The number of non-ortho nitro benzene ring substituents is 1. The highest BCUT2D eigenvalue weighted by atomic mass is 19.1. The Labute approximate surface area is 198 Å². The van der Waals surface area contributed by atoms with Gasteiger partial charge in [0.05, 0.1) is 22.7 Å². The number of ether oxygens (including phenoxy) is 3. The van der Waals surface area contributed by atoms with Crippen LogP contribution in [0.4, 0.5) is 10.1 Å². The number of esters is 2. The van der Waals surface area contributed by atoms with E-state index in [0.29, 0.717) is 5.56 Å². The fraction of sp³-hybridized carbons (Fsp3) is 0.0800. The van der Waals surface area contributed by atoms with Crippen LogP contribution in [0.1, 0.15) is 28.4 Å². The Balaban J connectivity index is 1.60. The lowest BCUT2D eigenvalue weighted by molar-refractivity contribution is -0.384. The molecule has 0 spiro atoms. The van der Waals surface area contributed by atoms with Gasteiger partial charge in [-0.15, -0.1) is 0 Å². The summed E-state index contributed by atoms with van der Waals surface area (Å²) < 4.78 is 30.0. The highest BCUT2D eigenvalue weighted by molar-refractivity contribution is 6.13. The van der Waals surface area contributed by atoms with E-state index in [1.54, 1.807) is 19.1 Å². The Bertz CT molecular complexity index is 1400. The molecule has 4 rings (SSSR count). The Hall–Kier alpha value is -4.86. The molecule has 1 aliphatic rings. The van der Waals surface area contributed by atoms with Crippen LogP contribution >= 0.6 is 0 Å². The highest BCUT2D eigenvalue weighted by Gasteiger charge is 2.26. The van der Waals surface area contributed by atoms with E-state index in [4.69, 9.17) is 14.2 Å². The van der Waals surface area contributed by atoms with Crippen LogP contribution in [0.5, 0.6) is 11.5 Å². The predicted octanol–water partition coefficient (Wildman–Crippen LogP) is 4.70. The quantitative estimate of drug-likeness (QED) is 0.160. The lowest BCUT2D eigenvalue weighted by Crippen LogP contribution is -2.10. The van der Waals surface area contributed by atoms with Gasteiger partial charge in [0.1, 0.15) is 5.82 Å². The van der Waals surface area contributed by atoms with Gasteiger partial charge in [0.15, 0.2) is 17.2 Å². The summed E-state index contributed by atoms with van der Waals surface area (Å²) in [5.41, 5.74) is 0.241. The zero-order valence-electron chi connectivity index (χ0n) is 18.3. The first-order valence-corrected chi connectivity index (χ1v) is 10.4. The SMILES string of the molecule is CCOc1cc(C=C2N=C(c3ccccc3F)OC2=O)ccc1OC(=O)c1cccc([N+](=O)[O-])c1. The van der Waals surface area contributed by atoms with Crippen LogP contribution < -0.4 is 9.47 Å². The summed E-state index contributed by atoms with van der Waals surface area (Å²) in [5.74, 6) is -2.00. The van der Waals surface area contributed by atoms with Gasteiger partial charge < -0.3 is 14.2 Å². The minimum atomic E-state index is -0.806. The van der Waals surface area contributed by atoms with Crippen LogP contribution in [-0.4, -0.2) is 29.4 Å². The van der Waals surface area contributed by atoms with E-state index in [1.807, 2.05) is 0 Å². The zero-order chi connectivity index (χ0) is 24.9. The highest BCUT2D eigenvalue weighted by Crippen LogP contribution is 2.31. The Morgan fingerprint density at radius 2 is 1.91 bits per heavy atom. The number of rotatable bonds is 7. The van der Waals surface area contributed by atoms with Crippen LogP contribution in [-0.2, 0) is 9.53 Å². The Morgan fingerprint density at radius 3 is 2.66 bits per heavy atom. The van der Waals surface area contributed by atoms with Crippen molar-refractivity contribution in [2.45, 2.75) is 6.92 Å². The van der Waals surface area contributed by atoms with Gasteiger partial charge in [0.2, 0.25) is 5.90 Å². The molecule has 1 heterocycles. The molecule has 1 aliphatic heterocycles. The first-order valence-electron chi connectivity index (χ1n) is 10.4. The van der Waals surface area contributed by atoms with Crippen molar-refractivity contribution in [1.82, 2.24) is 0 Å². The molecule has 0 amide bonds. The van der Waals surface area contributed by atoms with Gasteiger partial charge in [-0.25, -0.2) is 19.0 Å². The zero-order valence-corrected chi connectivity index (χ0v) is 18.3. The fourth-order valence-corrected chi connectivity index (χ4v) is 3.19. The van der Waals surface area contributed by atoms with Crippen LogP contribution in [0.25, 0.3) is 6.08 Å². The van der Waals surface area contributed by atoms with Crippen molar-refractivity contribution >= 4 is 29.6 Å². The number of benzene rings is 3. The summed E-state index contributed by atoms with van der Waals surface area (Å²) >= 11 is 0. The number of carbonyl (C=O) groups excluding carboxylic acids is 2. The third kappa shape index (κ3) is 5.22. The number of hydrogen-bond donors (Lipinski definition) is 0. The molecule has 0 aromatic heterocycles. The van der Waals surface area contributed by atoms with E-state index < -0.39 is 22.7 Å². The number of nitro groups is 1. The second kappa shape index (κ2) is 9.96. The van der Waals surface area contributed by atoms with Crippen molar-refractivity contribution < 1.29 is 33.1 Å². The third-order valence-corrected chi connectivity index (χ3v) is 4.79. The minimum Gasteiger partial charge on any atom is -0.490 e. The summed E-state index contributed by atoms with van der Waals surface area (Å²) in [5, 5.41) is 11.0. The molecule has 0 N–H and O–H groups in total. The van der Waals surface area contributed by atoms with E-state index >= 15 is 0 Å². The minimum absolute atomic E-state index is 0.00319. The Kier molecular flexibility index (Phi) is 6.63. The molecule has 3 aromatic rings. The van der Waals surface area contributed by atoms with E-state index in [2.05, 4.69) is 4.99 Å². The molecule has 35 heavy (non-hydrogen) atoms. The molecule has 3 aromatic carbocycles. The normalized spacial score (nSPS) is 13.8. The lowest BCUT2D eigenvalue weighted by Gasteiger charge is -2.11. The summed E-state index contributed by atoms with van der Waals surface area (Å²) in [7, 11) is 0. The molecule has 0 saturated carbocycles. The van der Waals surface area contributed by atoms with Crippen molar-refractivity contribution in [1.29, 1.82) is 0 Å². The largest absolute Gasteiger partial charge is 0.490 e. The maximum atomic E-state index is 14.0. The van der Waals surface area contributed by atoms with E-state index in [0.717, 1.165) is 6.07 Å². The predicted molar refractivity (Wildman–Crippen MR) is 123 cm³/mol. The Morgan fingerprint density at radius 1 is 1.11 bits per heavy atom. The van der Waals surface area contributed by atoms with Gasteiger partial charge in [-0.05, 0) is 48.9 Å². The summed E-state index contributed by atoms with van der Waals surface area (Å²) in [6.07, 6.45) is 1.42. The second-order valence-corrected chi connectivity index (χ2v) is 7.15. The number of carbonyl (C=O) groups is 2. The molecule has 0 radical (unpaired) electrons. The average molecular weight is 476 g/mol. The molecule has 0 unspecified atom stereocenters. The molecule has 0 aliphatic carbocycles. The van der Waals surface area contributed by atoms with Crippen molar-refractivity contribution in [3.8, 4) is 11.5 Å². The number of nitrogens with zero attached hydrogens (tertiary/aromatic N) is 2. The number of hydrogen-bond acceptors (Lipinski definition) is 8. The first kappa shape index (κ1) is 23.3. The van der Waals surface area contributed by atoms with E-state index in [9.17, 15) is 24.1 Å². The second-order valence-electron chi connectivity index (χ2n) is 7.15. The first-order chi connectivity index (χ1) is 16.9. The molecule has 0 saturated heterocycles. The summed E-state index contributed by atoms with van der Waals surface area (Å²) in [6.45, 7) is 1.98. The molecule has 0 bridgehead atoms. The summed E-state index contributed by atoms with van der Waals surface area (Å²) in [6, 6.07) is 15.5. The monoisotopic (exact) mass is 476 g/mol. The van der Waals surface area contributed by atoms with Crippen molar-refractivity contribution in [2.75, 3.05) is 6.61 Å². The summed E-state index contributed by atoms with van der Waals surface area (Å²) in [4.78, 5) is 39.2. The smallest absolute Gasteiger partial charge is 0.363 e. The number of nitro benzene ring substituents is 1. The number of halogens is 1. The molecule has 0 atom stereocenters. The maximum Gasteiger partial charge on any atom is 0.363 e. The van der Waals surface area contributed by atoms with Crippen molar-refractivity contribution in [2.24, 2.45) is 4.99 Å². The van der Waals surface area contributed by atoms with Gasteiger partial charge in [0.25, 0.3) is 5.69 Å². The van der Waals surface area contributed by atoms with E-state index in [1.165, 1.54) is 54.6 Å². The topological polar surface area (TPSA) is 117 Å². The van der Waals surface area contributed by atoms with Gasteiger partial charge in [-0.2, -0.15) is 0 Å². The standard InChI is InChI=1S/C25H17FN2O7/c1-2-33-22-13-15(12-20-25(30)35-23(27-20)18-8-3-4-9-19(18)26)10-11-21(22)34-24(29)16-6-5-7-17(14-16)28(31)32/h3-14H,2H2,1H3. The fourth-order valence-electron chi connectivity index (χ4n) is 3.19. The van der Waals surface area contributed by atoms with Crippen LogP contribution in [0.2, 0.25) is 0 Å².